The van der Waals surface area contributed by atoms with Gasteiger partial charge in [-0.1, -0.05) is 18.2 Å². The molecule has 3 N–H and O–H groups in total. The molecule has 0 saturated carbocycles. The first-order valence-electron chi connectivity index (χ1n) is 14.3. The third kappa shape index (κ3) is 3.95. The number of ether oxygens (including phenoxy) is 3. The number of phenolic OH excluding ortho intramolecular Hbond substituents is 1. The van der Waals surface area contributed by atoms with Gasteiger partial charge in [0, 0.05) is 27.8 Å². The van der Waals surface area contributed by atoms with E-state index in [0.717, 1.165) is 0 Å². The summed E-state index contributed by atoms with van der Waals surface area (Å²) in [5, 5.41) is 33.6. The number of hydrogen-bond acceptors (Lipinski definition) is 9. The monoisotopic (exact) mass is 575 g/mol. The van der Waals surface area contributed by atoms with Crippen molar-refractivity contribution in [3.63, 3.8) is 0 Å². The molecular formula is C33H37NO8. The largest absolute Gasteiger partial charge is 0.507 e. The van der Waals surface area contributed by atoms with E-state index in [-0.39, 0.29) is 39.9 Å². The summed E-state index contributed by atoms with van der Waals surface area (Å²) < 4.78 is 18.3. The number of rotatable bonds is 4. The van der Waals surface area contributed by atoms with Crippen molar-refractivity contribution in [2.24, 2.45) is 0 Å². The molecule has 1 aliphatic carbocycles. The summed E-state index contributed by atoms with van der Waals surface area (Å²) in [5.74, 6) is -0.874. The molecule has 0 amide bonds. The molecule has 4 aliphatic rings. The summed E-state index contributed by atoms with van der Waals surface area (Å²) >= 11 is 0. The summed E-state index contributed by atoms with van der Waals surface area (Å²) in [4.78, 5) is 30.0. The van der Waals surface area contributed by atoms with Crippen LogP contribution < -0.4 is 4.74 Å². The summed E-state index contributed by atoms with van der Waals surface area (Å²) in [6.45, 7) is 9.18. The van der Waals surface area contributed by atoms with Crippen LogP contribution in [-0.2, 0) is 9.47 Å². The fourth-order valence-electron chi connectivity index (χ4n) is 6.71. The van der Waals surface area contributed by atoms with Crippen LogP contribution in [-0.4, -0.2) is 75.3 Å². The molecule has 0 aromatic heterocycles. The maximum Gasteiger partial charge on any atom is 0.202 e. The number of nitrogens with zero attached hydrogens (tertiary/aromatic N) is 1. The van der Waals surface area contributed by atoms with Crippen LogP contribution in [0, 0.1) is 6.92 Å². The number of aliphatic hydroxyl groups is 2. The molecule has 0 bridgehead atoms. The number of likely N-dealkylation sites (N-methyl/N-ethyl adjacent to an activating group) is 1. The van der Waals surface area contributed by atoms with Gasteiger partial charge in [-0.25, -0.2) is 0 Å². The molecule has 0 spiro atoms. The average molecular weight is 576 g/mol. The predicted octanol–water partition coefficient (Wildman–Crippen LogP) is 4.05. The lowest BCUT2D eigenvalue weighted by Crippen LogP contribution is -2.59. The quantitative estimate of drug-likeness (QED) is 0.312. The lowest BCUT2D eigenvalue weighted by molar-refractivity contribution is -0.176. The van der Waals surface area contributed by atoms with Crippen LogP contribution in [0.3, 0.4) is 0 Å². The van der Waals surface area contributed by atoms with Gasteiger partial charge in [-0.3, -0.25) is 9.59 Å². The molecule has 7 unspecified atom stereocenters. The van der Waals surface area contributed by atoms with Gasteiger partial charge in [-0.05, 0) is 78.9 Å². The van der Waals surface area contributed by atoms with Crippen molar-refractivity contribution in [3.8, 4) is 11.5 Å². The van der Waals surface area contributed by atoms with Crippen LogP contribution in [0.5, 0.6) is 11.5 Å². The van der Waals surface area contributed by atoms with Crippen molar-refractivity contribution in [2.75, 3.05) is 14.1 Å². The highest BCUT2D eigenvalue weighted by Crippen LogP contribution is 2.52. The van der Waals surface area contributed by atoms with Crippen LogP contribution >= 0.6 is 0 Å². The Kier molecular flexibility index (Phi) is 6.57. The number of fused-ring (bicyclic) bond motifs is 4. The van der Waals surface area contributed by atoms with E-state index in [1.165, 1.54) is 0 Å². The Labute approximate surface area is 245 Å². The van der Waals surface area contributed by atoms with Crippen molar-refractivity contribution in [3.05, 3.63) is 81.1 Å². The van der Waals surface area contributed by atoms with E-state index in [0.29, 0.717) is 28.9 Å². The fraction of sp³-hybridized carbons (Fsp3) is 0.455. The van der Waals surface area contributed by atoms with E-state index in [1.807, 2.05) is 51.9 Å². The highest BCUT2D eigenvalue weighted by atomic mass is 16.6. The molecular weight excluding hydrogens is 538 g/mol. The first-order valence-corrected chi connectivity index (χ1v) is 14.3. The Morgan fingerprint density at radius 3 is 2.45 bits per heavy atom. The number of carbonyl (C=O) groups excluding carboxylic acids is 2. The standard InChI is InChI=1S/C33H37NO8/c1-8-9-22-33(5,42-22)23-13-20(35)24-15(2)12-19-26(30(24)41-23)29(38)25-18(27(19)36)11-10-17(28(25)37)21-14-32(4,34(6)7)31(39)16(3)40-21/h8-13,16,20-22,31,35,37,39H,14H2,1-7H3. The van der Waals surface area contributed by atoms with Crippen LogP contribution in [0.15, 0.2) is 42.2 Å². The van der Waals surface area contributed by atoms with Gasteiger partial charge in [0.25, 0.3) is 0 Å². The van der Waals surface area contributed by atoms with Gasteiger partial charge in [-0.2, -0.15) is 0 Å². The number of benzene rings is 2. The fourth-order valence-corrected chi connectivity index (χ4v) is 6.71. The second-order valence-electron chi connectivity index (χ2n) is 12.4. The molecule has 2 aromatic rings. The minimum atomic E-state index is -1.09. The number of allylic oxidation sites excluding steroid dienone is 1. The summed E-state index contributed by atoms with van der Waals surface area (Å²) in [6.07, 6.45) is 2.38. The Morgan fingerprint density at radius 2 is 1.79 bits per heavy atom. The van der Waals surface area contributed by atoms with Gasteiger partial charge < -0.3 is 34.4 Å². The molecule has 2 fully saturated rings. The maximum absolute atomic E-state index is 14.3. The molecule has 42 heavy (non-hydrogen) atoms. The van der Waals surface area contributed by atoms with Crippen LogP contribution in [0.1, 0.15) is 94.9 Å². The zero-order valence-electron chi connectivity index (χ0n) is 24.9. The van der Waals surface area contributed by atoms with Gasteiger partial charge in [0.2, 0.25) is 5.78 Å². The SMILES string of the molecule is CC=CC1OC1(C)C1=CC(O)c2c(C)cc3c(c2O1)C(=O)c1c(ccc(C2CC(C)(N(C)C)C(O)C(C)O2)c1O)C3=O. The minimum Gasteiger partial charge on any atom is -0.507 e. The number of aromatic hydroxyl groups is 1. The molecule has 2 saturated heterocycles. The maximum atomic E-state index is 14.3. The Morgan fingerprint density at radius 1 is 1.07 bits per heavy atom. The Hall–Kier alpha value is -3.34. The molecule has 0 radical (unpaired) electrons. The second-order valence-corrected chi connectivity index (χ2v) is 12.4. The van der Waals surface area contributed by atoms with Crippen LogP contribution in [0.25, 0.3) is 0 Å². The van der Waals surface area contributed by atoms with Crippen LogP contribution in [0.4, 0.5) is 0 Å². The van der Waals surface area contributed by atoms with Crippen molar-refractivity contribution in [1.29, 1.82) is 0 Å². The molecule has 6 rings (SSSR count). The topological polar surface area (TPSA) is 129 Å². The molecule has 9 nitrogen and oxygen atoms in total. The number of ketones is 2. The molecule has 7 atom stereocenters. The number of aryl methyl sites for hydroxylation is 1. The van der Waals surface area contributed by atoms with E-state index in [9.17, 15) is 24.9 Å². The van der Waals surface area contributed by atoms with E-state index in [2.05, 4.69) is 0 Å². The highest BCUT2D eigenvalue weighted by Gasteiger charge is 2.57. The zero-order chi connectivity index (χ0) is 30.5. The Bertz CT molecular complexity index is 1590. The van der Waals surface area contributed by atoms with Gasteiger partial charge in [-0.15, -0.1) is 0 Å². The Balaban J connectivity index is 1.45. The number of phenols is 1. The third-order valence-electron chi connectivity index (χ3n) is 9.64. The lowest BCUT2D eigenvalue weighted by Gasteiger charge is -2.49. The molecule has 222 valence electrons. The smallest absolute Gasteiger partial charge is 0.202 e. The molecule has 9 heteroatoms. The normalized spacial score (nSPS) is 33.7. The zero-order valence-corrected chi connectivity index (χ0v) is 24.9. The van der Waals surface area contributed by atoms with E-state index in [1.54, 1.807) is 38.1 Å². The van der Waals surface area contributed by atoms with Crippen molar-refractivity contribution in [1.82, 2.24) is 4.90 Å². The first kappa shape index (κ1) is 28.8. The lowest BCUT2D eigenvalue weighted by atomic mass is 9.77. The van der Waals surface area contributed by atoms with Gasteiger partial charge in [0.15, 0.2) is 11.4 Å². The van der Waals surface area contributed by atoms with E-state index in [4.69, 9.17) is 14.2 Å². The third-order valence-corrected chi connectivity index (χ3v) is 9.64. The first-order chi connectivity index (χ1) is 19.7. The summed E-state index contributed by atoms with van der Waals surface area (Å²) in [5.41, 5.74) is -0.00199. The second kappa shape index (κ2) is 9.59. The highest BCUT2D eigenvalue weighted by molar-refractivity contribution is 6.30. The van der Waals surface area contributed by atoms with E-state index < -0.39 is 47.1 Å². The van der Waals surface area contributed by atoms with Gasteiger partial charge in [0.1, 0.15) is 29.5 Å². The van der Waals surface area contributed by atoms with Crippen molar-refractivity contribution in [2.45, 2.75) is 82.7 Å². The molecule has 3 aliphatic heterocycles. The minimum absolute atomic E-state index is 0.00326. The molecule has 2 aromatic carbocycles. The number of aliphatic hydroxyl groups excluding tert-OH is 2. The van der Waals surface area contributed by atoms with Crippen molar-refractivity contribution < 1.29 is 39.1 Å². The number of carbonyl (C=O) groups is 2. The van der Waals surface area contributed by atoms with Gasteiger partial charge in [0.05, 0.1) is 29.4 Å². The van der Waals surface area contributed by atoms with Gasteiger partial charge >= 0.3 is 0 Å². The average Bonchev–Trinajstić information content (AvgIpc) is 3.59. The van der Waals surface area contributed by atoms with E-state index >= 15 is 0 Å². The summed E-state index contributed by atoms with van der Waals surface area (Å²) in [6, 6.07) is 4.77. The number of hydrogen-bond donors (Lipinski definition) is 3. The molecule has 3 heterocycles. The van der Waals surface area contributed by atoms with Crippen LogP contribution in [0.2, 0.25) is 0 Å². The summed E-state index contributed by atoms with van der Waals surface area (Å²) in [7, 11) is 3.75. The predicted molar refractivity (Wildman–Crippen MR) is 154 cm³/mol. The number of epoxide rings is 1. The van der Waals surface area contributed by atoms with Crippen molar-refractivity contribution >= 4 is 11.6 Å².